The highest BCUT2D eigenvalue weighted by atomic mass is 32.1. The van der Waals surface area contributed by atoms with E-state index in [9.17, 15) is 8.78 Å². The van der Waals surface area contributed by atoms with Crippen molar-refractivity contribution in [3.8, 4) is 0 Å². The summed E-state index contributed by atoms with van der Waals surface area (Å²) in [5.74, 6) is 5.01. The molecule has 0 aliphatic heterocycles. The van der Waals surface area contributed by atoms with Crippen LogP contribution in [-0.4, -0.2) is 17.5 Å². The number of alkyl halides is 2. The Hall–Kier alpha value is -0.590. The fraction of sp³-hybridized carbons (Fsp3) is 0.625. The number of rotatable bonds is 4. The smallest absolute Gasteiger partial charge is 0.255 e. The lowest BCUT2D eigenvalue weighted by Gasteiger charge is -2.12. The second-order valence-corrected chi connectivity index (χ2v) is 4.35. The minimum absolute atomic E-state index is 0.174. The van der Waals surface area contributed by atoms with E-state index in [2.05, 4.69) is 10.4 Å². The average Bonchev–Trinajstić information content (AvgIpc) is 2.41. The van der Waals surface area contributed by atoms with Crippen LogP contribution in [0.1, 0.15) is 15.6 Å². The number of nitrogens with two attached hydrogens (primary N) is 1. The first kappa shape index (κ1) is 11.5. The van der Waals surface area contributed by atoms with Gasteiger partial charge in [0.25, 0.3) is 6.43 Å². The fourth-order valence-electron chi connectivity index (χ4n) is 1.04. The van der Waals surface area contributed by atoms with Gasteiger partial charge in [-0.1, -0.05) is 0 Å². The quantitative estimate of drug-likeness (QED) is 0.597. The Kier molecular flexibility index (Phi) is 3.91. The Bertz CT molecular complexity index is 281. The molecule has 14 heavy (non-hydrogen) atoms. The Labute approximate surface area is 85.3 Å². The van der Waals surface area contributed by atoms with Crippen molar-refractivity contribution in [1.29, 1.82) is 0 Å². The second kappa shape index (κ2) is 4.77. The van der Waals surface area contributed by atoms with E-state index in [0.29, 0.717) is 5.01 Å². The van der Waals surface area contributed by atoms with Gasteiger partial charge in [-0.25, -0.2) is 13.8 Å². The summed E-state index contributed by atoms with van der Waals surface area (Å²) < 4.78 is 24.7. The lowest BCUT2D eigenvalue weighted by atomic mass is 10.2. The van der Waals surface area contributed by atoms with E-state index in [1.165, 1.54) is 11.3 Å². The number of hydrazine groups is 1. The highest BCUT2D eigenvalue weighted by Crippen LogP contribution is 2.19. The van der Waals surface area contributed by atoms with E-state index in [0.717, 1.165) is 10.6 Å². The molecule has 0 aliphatic carbocycles. The van der Waals surface area contributed by atoms with Crippen molar-refractivity contribution in [1.82, 2.24) is 10.4 Å². The van der Waals surface area contributed by atoms with Gasteiger partial charge in [0.05, 0.1) is 16.7 Å². The lowest BCUT2D eigenvalue weighted by Crippen LogP contribution is -2.42. The Balaban J connectivity index is 2.67. The van der Waals surface area contributed by atoms with Crippen LogP contribution in [0.4, 0.5) is 8.78 Å². The molecule has 1 aromatic rings. The van der Waals surface area contributed by atoms with Gasteiger partial charge < -0.3 is 0 Å². The number of thiazole rings is 1. The molecule has 1 atom stereocenters. The molecule has 0 fully saturated rings. The van der Waals surface area contributed by atoms with Crippen molar-refractivity contribution in [3.05, 3.63) is 15.6 Å². The molecule has 1 aromatic heterocycles. The molecule has 0 spiro atoms. The van der Waals surface area contributed by atoms with Crippen LogP contribution in [0.15, 0.2) is 0 Å². The summed E-state index contributed by atoms with van der Waals surface area (Å²) in [6.07, 6.45) is -2.29. The average molecular weight is 221 g/mol. The molecule has 0 saturated heterocycles. The SMILES string of the molecule is Cc1nc(CC(NN)C(F)F)sc1C. The van der Waals surface area contributed by atoms with Gasteiger partial charge in [0.1, 0.15) is 0 Å². The zero-order chi connectivity index (χ0) is 10.7. The molecule has 0 aromatic carbocycles. The van der Waals surface area contributed by atoms with E-state index in [1.54, 1.807) is 0 Å². The van der Waals surface area contributed by atoms with Crippen LogP contribution >= 0.6 is 11.3 Å². The number of aromatic nitrogens is 1. The molecular formula is C8H13F2N3S. The molecule has 1 heterocycles. The highest BCUT2D eigenvalue weighted by molar-refractivity contribution is 7.11. The van der Waals surface area contributed by atoms with Gasteiger partial charge in [0.15, 0.2) is 0 Å². The van der Waals surface area contributed by atoms with Crippen LogP contribution < -0.4 is 11.3 Å². The van der Waals surface area contributed by atoms with Crippen molar-refractivity contribution in [2.45, 2.75) is 32.7 Å². The first-order valence-electron chi connectivity index (χ1n) is 4.21. The summed E-state index contributed by atoms with van der Waals surface area (Å²) in [4.78, 5) is 5.23. The molecule has 1 unspecified atom stereocenters. The summed E-state index contributed by atoms with van der Waals surface area (Å²) in [5.41, 5.74) is 2.99. The predicted molar refractivity (Wildman–Crippen MR) is 52.4 cm³/mol. The molecule has 3 nitrogen and oxygen atoms in total. The van der Waals surface area contributed by atoms with Crippen LogP contribution in [0.25, 0.3) is 0 Å². The Morgan fingerprint density at radius 2 is 2.14 bits per heavy atom. The third-order valence-electron chi connectivity index (χ3n) is 1.99. The zero-order valence-corrected chi connectivity index (χ0v) is 8.87. The molecule has 3 N–H and O–H groups in total. The molecule has 6 heteroatoms. The topological polar surface area (TPSA) is 50.9 Å². The number of hydrogen-bond acceptors (Lipinski definition) is 4. The third-order valence-corrected chi connectivity index (χ3v) is 3.08. The van der Waals surface area contributed by atoms with E-state index < -0.39 is 12.5 Å². The maximum Gasteiger partial charge on any atom is 0.255 e. The largest absolute Gasteiger partial charge is 0.271 e. The minimum Gasteiger partial charge on any atom is -0.271 e. The van der Waals surface area contributed by atoms with Crippen molar-refractivity contribution < 1.29 is 8.78 Å². The molecule has 80 valence electrons. The van der Waals surface area contributed by atoms with Crippen molar-refractivity contribution in [2.75, 3.05) is 0 Å². The molecule has 0 amide bonds. The first-order valence-corrected chi connectivity index (χ1v) is 5.03. The normalized spacial score (nSPS) is 13.6. The Morgan fingerprint density at radius 3 is 2.50 bits per heavy atom. The zero-order valence-electron chi connectivity index (χ0n) is 8.05. The van der Waals surface area contributed by atoms with Gasteiger partial charge in [0.2, 0.25) is 0 Å². The summed E-state index contributed by atoms with van der Waals surface area (Å²) >= 11 is 1.44. The van der Waals surface area contributed by atoms with E-state index in [4.69, 9.17) is 5.84 Å². The van der Waals surface area contributed by atoms with Gasteiger partial charge in [-0.15, -0.1) is 11.3 Å². The number of nitrogens with one attached hydrogen (secondary N) is 1. The maximum absolute atomic E-state index is 12.3. The van der Waals surface area contributed by atoms with Crippen LogP contribution in [0.2, 0.25) is 0 Å². The standard InChI is InChI=1S/C8H13F2N3S/c1-4-5(2)14-7(12-4)3-6(13-11)8(9)10/h6,8,13H,3,11H2,1-2H3. The van der Waals surface area contributed by atoms with Gasteiger partial charge in [0, 0.05) is 11.3 Å². The Morgan fingerprint density at radius 1 is 1.50 bits per heavy atom. The van der Waals surface area contributed by atoms with Crippen LogP contribution in [0.5, 0.6) is 0 Å². The summed E-state index contributed by atoms with van der Waals surface area (Å²) in [6, 6.07) is -1.01. The van der Waals surface area contributed by atoms with Crippen molar-refractivity contribution >= 4 is 11.3 Å². The second-order valence-electron chi connectivity index (χ2n) is 3.06. The van der Waals surface area contributed by atoms with Crippen LogP contribution in [0, 0.1) is 13.8 Å². The monoisotopic (exact) mass is 221 g/mol. The molecule has 0 radical (unpaired) electrons. The predicted octanol–water partition coefficient (Wildman–Crippen LogP) is 1.40. The summed E-state index contributed by atoms with van der Waals surface area (Å²) in [7, 11) is 0. The van der Waals surface area contributed by atoms with E-state index in [1.807, 2.05) is 13.8 Å². The van der Waals surface area contributed by atoms with Gasteiger partial charge in [-0.3, -0.25) is 11.3 Å². The van der Waals surface area contributed by atoms with E-state index in [-0.39, 0.29) is 6.42 Å². The summed E-state index contributed by atoms with van der Waals surface area (Å²) in [6.45, 7) is 3.78. The van der Waals surface area contributed by atoms with Crippen molar-refractivity contribution in [2.24, 2.45) is 5.84 Å². The van der Waals surface area contributed by atoms with Gasteiger partial charge in [-0.2, -0.15) is 0 Å². The molecular weight excluding hydrogens is 208 g/mol. The van der Waals surface area contributed by atoms with E-state index >= 15 is 0 Å². The maximum atomic E-state index is 12.3. The molecule has 0 aliphatic rings. The number of halogens is 2. The van der Waals surface area contributed by atoms with Gasteiger partial charge in [-0.05, 0) is 13.8 Å². The molecule has 1 rings (SSSR count). The molecule has 0 bridgehead atoms. The van der Waals surface area contributed by atoms with Gasteiger partial charge >= 0.3 is 0 Å². The van der Waals surface area contributed by atoms with Crippen LogP contribution in [-0.2, 0) is 6.42 Å². The molecule has 0 saturated carbocycles. The summed E-state index contributed by atoms with van der Waals surface area (Å²) in [5, 5.41) is 0.697. The number of hydrogen-bond donors (Lipinski definition) is 2. The lowest BCUT2D eigenvalue weighted by molar-refractivity contribution is 0.0984. The third kappa shape index (κ3) is 2.70. The first-order chi connectivity index (χ1) is 6.54. The highest BCUT2D eigenvalue weighted by Gasteiger charge is 2.20. The minimum atomic E-state index is -2.47. The number of aryl methyl sites for hydroxylation is 2. The van der Waals surface area contributed by atoms with Crippen LogP contribution in [0.3, 0.4) is 0 Å². The number of nitrogens with zero attached hydrogens (tertiary/aromatic N) is 1. The van der Waals surface area contributed by atoms with Crippen molar-refractivity contribution in [3.63, 3.8) is 0 Å². The fourth-order valence-corrected chi connectivity index (χ4v) is 2.03.